The summed E-state index contributed by atoms with van der Waals surface area (Å²) in [4.78, 5) is 0. The summed E-state index contributed by atoms with van der Waals surface area (Å²) < 4.78 is 41.8. The molecule has 0 aromatic carbocycles. The lowest BCUT2D eigenvalue weighted by molar-refractivity contribution is -0.136. The van der Waals surface area contributed by atoms with Crippen molar-refractivity contribution in [2.75, 3.05) is 24.7 Å². The largest absolute Gasteiger partial charge is 0.389 e. The van der Waals surface area contributed by atoms with Crippen LogP contribution in [0.4, 0.5) is 13.2 Å². The van der Waals surface area contributed by atoms with Crippen LogP contribution in [0.2, 0.25) is 0 Å². The maximum Gasteiger partial charge on any atom is 0.389 e. The lowest BCUT2D eigenvalue weighted by atomic mass is 10.0. The van der Waals surface area contributed by atoms with Crippen molar-refractivity contribution in [2.45, 2.75) is 44.5 Å². The van der Waals surface area contributed by atoms with Gasteiger partial charge in [-0.3, -0.25) is 0 Å². The van der Waals surface area contributed by atoms with Crippen LogP contribution in [-0.4, -0.2) is 43.0 Å². The molecule has 1 rings (SSSR count). The van der Waals surface area contributed by atoms with Crippen LogP contribution in [0.15, 0.2) is 0 Å². The van der Waals surface area contributed by atoms with Crippen molar-refractivity contribution in [2.24, 2.45) is 0 Å². The first-order valence-corrected chi connectivity index (χ1v) is 7.18. The van der Waals surface area contributed by atoms with Crippen molar-refractivity contribution in [3.63, 3.8) is 0 Å². The molecule has 6 heteroatoms. The van der Waals surface area contributed by atoms with E-state index < -0.39 is 12.6 Å². The highest BCUT2D eigenvalue weighted by Crippen LogP contribution is 2.24. The lowest BCUT2D eigenvalue weighted by Gasteiger charge is -2.30. The van der Waals surface area contributed by atoms with E-state index in [4.69, 9.17) is 4.74 Å². The molecular weight excluding hydrogens is 251 g/mol. The fourth-order valence-electron chi connectivity index (χ4n) is 1.94. The molecule has 2 unspecified atom stereocenters. The molecule has 1 saturated heterocycles. The molecule has 1 aliphatic rings. The fourth-order valence-corrected chi connectivity index (χ4v) is 2.88. The van der Waals surface area contributed by atoms with E-state index in [1.54, 1.807) is 0 Å². The average molecular weight is 271 g/mol. The quantitative estimate of drug-likeness (QED) is 0.802. The topological polar surface area (TPSA) is 21.3 Å². The van der Waals surface area contributed by atoms with Gasteiger partial charge in [0.15, 0.2) is 0 Å². The van der Waals surface area contributed by atoms with Crippen molar-refractivity contribution < 1.29 is 17.9 Å². The smallest absolute Gasteiger partial charge is 0.375 e. The number of hydrogen-bond acceptors (Lipinski definition) is 3. The van der Waals surface area contributed by atoms with E-state index in [0.29, 0.717) is 13.0 Å². The molecule has 0 aliphatic carbocycles. The number of thioether (sulfide) groups is 1. The summed E-state index contributed by atoms with van der Waals surface area (Å²) in [7, 11) is 0. The van der Waals surface area contributed by atoms with Crippen molar-refractivity contribution in [1.29, 1.82) is 0 Å². The first-order chi connectivity index (χ1) is 8.03. The van der Waals surface area contributed by atoms with Gasteiger partial charge in [0.05, 0.1) is 12.7 Å². The zero-order chi connectivity index (χ0) is 12.7. The summed E-state index contributed by atoms with van der Waals surface area (Å²) in [5.74, 6) is 1.86. The predicted molar refractivity (Wildman–Crippen MR) is 64.4 cm³/mol. The number of ether oxygens (including phenoxy) is 1. The van der Waals surface area contributed by atoms with Crippen LogP contribution in [0, 0.1) is 0 Å². The average Bonchev–Trinajstić information content (AvgIpc) is 2.27. The fraction of sp³-hybridized carbons (Fsp3) is 1.00. The minimum absolute atomic E-state index is 0.0511. The van der Waals surface area contributed by atoms with Gasteiger partial charge in [0.25, 0.3) is 0 Å². The van der Waals surface area contributed by atoms with Crippen LogP contribution in [0.3, 0.4) is 0 Å². The van der Waals surface area contributed by atoms with E-state index in [0.717, 1.165) is 18.1 Å². The Morgan fingerprint density at radius 3 is 2.76 bits per heavy atom. The van der Waals surface area contributed by atoms with Crippen LogP contribution in [0.5, 0.6) is 0 Å². The van der Waals surface area contributed by atoms with E-state index >= 15 is 0 Å². The van der Waals surface area contributed by atoms with Gasteiger partial charge in [-0.25, -0.2) is 0 Å². The first kappa shape index (κ1) is 15.1. The highest BCUT2D eigenvalue weighted by molar-refractivity contribution is 7.99. The van der Waals surface area contributed by atoms with E-state index in [9.17, 15) is 13.2 Å². The van der Waals surface area contributed by atoms with E-state index in [2.05, 4.69) is 5.32 Å². The number of nitrogens with one attached hydrogen (secondary N) is 1. The summed E-state index contributed by atoms with van der Waals surface area (Å²) in [6, 6.07) is 0.0511. The Hall–Kier alpha value is 0.0600. The Bertz CT molecular complexity index is 207. The third-order valence-corrected chi connectivity index (χ3v) is 3.75. The number of likely N-dealkylation sites (N-methyl/N-ethyl adjacent to an activating group) is 1. The maximum absolute atomic E-state index is 12.1. The molecule has 17 heavy (non-hydrogen) atoms. The molecule has 2 atom stereocenters. The molecule has 1 heterocycles. The van der Waals surface area contributed by atoms with E-state index in [1.165, 1.54) is 0 Å². The highest BCUT2D eigenvalue weighted by atomic mass is 32.2. The van der Waals surface area contributed by atoms with Crippen molar-refractivity contribution in [3.05, 3.63) is 0 Å². The molecule has 1 N–H and O–H groups in total. The van der Waals surface area contributed by atoms with Crippen LogP contribution in [0.1, 0.15) is 26.2 Å². The van der Waals surface area contributed by atoms with Gasteiger partial charge in [0.1, 0.15) is 0 Å². The van der Waals surface area contributed by atoms with E-state index in [-0.39, 0.29) is 18.6 Å². The molecule has 1 aliphatic heterocycles. The van der Waals surface area contributed by atoms with Gasteiger partial charge in [-0.15, -0.1) is 0 Å². The maximum atomic E-state index is 12.1. The van der Waals surface area contributed by atoms with Gasteiger partial charge < -0.3 is 10.1 Å². The molecule has 0 bridgehead atoms. The standard InChI is InChI=1S/C11H20F3NOS/c1-2-15-9(4-3-5-11(12,13)14)10-8-17-7-6-16-10/h9-10,15H,2-8H2,1H3. The van der Waals surface area contributed by atoms with Crippen LogP contribution < -0.4 is 5.32 Å². The molecular formula is C11H20F3NOS. The van der Waals surface area contributed by atoms with Crippen molar-refractivity contribution in [1.82, 2.24) is 5.32 Å². The Morgan fingerprint density at radius 1 is 1.47 bits per heavy atom. The molecule has 1 fully saturated rings. The first-order valence-electron chi connectivity index (χ1n) is 6.02. The Kier molecular flexibility index (Phi) is 6.66. The molecule has 2 nitrogen and oxygen atoms in total. The summed E-state index contributed by atoms with van der Waals surface area (Å²) in [5.41, 5.74) is 0. The third-order valence-electron chi connectivity index (χ3n) is 2.73. The Labute approximate surface area is 105 Å². The SMILES string of the molecule is CCNC(CCCC(F)(F)F)C1CSCCO1. The van der Waals surface area contributed by atoms with Crippen molar-refractivity contribution >= 4 is 11.8 Å². The minimum atomic E-state index is -4.04. The molecule has 0 radical (unpaired) electrons. The second-order valence-corrected chi connectivity index (χ2v) is 5.31. The Morgan fingerprint density at radius 2 is 2.24 bits per heavy atom. The number of hydrogen-bond donors (Lipinski definition) is 1. The van der Waals surface area contributed by atoms with E-state index in [1.807, 2.05) is 18.7 Å². The summed E-state index contributed by atoms with van der Waals surface area (Å²) in [5, 5.41) is 3.23. The lowest BCUT2D eigenvalue weighted by Crippen LogP contribution is -2.44. The second-order valence-electron chi connectivity index (χ2n) is 4.16. The van der Waals surface area contributed by atoms with Gasteiger partial charge in [0.2, 0.25) is 0 Å². The summed E-state index contributed by atoms with van der Waals surface area (Å²) in [6.45, 7) is 3.43. The molecule has 0 aromatic rings. The van der Waals surface area contributed by atoms with Gasteiger partial charge in [-0.1, -0.05) is 6.92 Å². The summed E-state index contributed by atoms with van der Waals surface area (Å²) >= 11 is 1.81. The highest BCUT2D eigenvalue weighted by Gasteiger charge is 2.29. The molecule has 102 valence electrons. The van der Waals surface area contributed by atoms with Crippen LogP contribution in [-0.2, 0) is 4.74 Å². The normalized spacial score (nSPS) is 23.6. The number of halogens is 3. The summed E-state index contributed by atoms with van der Waals surface area (Å²) in [6.07, 6.45) is -3.99. The zero-order valence-corrected chi connectivity index (χ0v) is 10.9. The molecule has 0 spiro atoms. The molecule has 0 amide bonds. The Balaban J connectivity index is 2.31. The number of alkyl halides is 3. The minimum Gasteiger partial charge on any atom is -0.375 e. The van der Waals surface area contributed by atoms with Gasteiger partial charge >= 0.3 is 6.18 Å². The monoisotopic (exact) mass is 271 g/mol. The third kappa shape index (κ3) is 6.52. The van der Waals surface area contributed by atoms with Gasteiger partial charge in [-0.2, -0.15) is 24.9 Å². The van der Waals surface area contributed by atoms with Crippen LogP contribution >= 0.6 is 11.8 Å². The van der Waals surface area contributed by atoms with Gasteiger partial charge in [0, 0.05) is 24.0 Å². The molecule has 0 saturated carbocycles. The van der Waals surface area contributed by atoms with Crippen molar-refractivity contribution in [3.8, 4) is 0 Å². The second kappa shape index (κ2) is 7.48. The van der Waals surface area contributed by atoms with Crippen LogP contribution in [0.25, 0.3) is 0 Å². The predicted octanol–water partition coefficient (Wildman–Crippen LogP) is 2.83. The zero-order valence-electron chi connectivity index (χ0n) is 10.1. The van der Waals surface area contributed by atoms with Gasteiger partial charge in [-0.05, 0) is 19.4 Å². The number of rotatable bonds is 6. The molecule has 0 aromatic heterocycles.